The van der Waals surface area contributed by atoms with Crippen molar-refractivity contribution in [2.45, 2.75) is 44.3 Å². The molecule has 2 fully saturated rings. The van der Waals surface area contributed by atoms with Crippen molar-refractivity contribution in [3.8, 4) is 10.8 Å². The topological polar surface area (TPSA) is 80.3 Å². The molecule has 130 valence electrons. The number of aromatic nitrogens is 1. The van der Waals surface area contributed by atoms with Crippen molar-refractivity contribution >= 4 is 23.0 Å². The number of hydrogen-bond acceptors (Lipinski definition) is 6. The molecule has 7 heteroatoms. The van der Waals surface area contributed by atoms with Gasteiger partial charge in [-0.25, -0.2) is 4.98 Å². The molecule has 3 heterocycles. The second kappa shape index (κ2) is 6.57. The number of nitrogens with one attached hydrogen (secondary N) is 2. The Morgan fingerprint density at radius 1 is 1.28 bits per heavy atom. The molecule has 2 saturated heterocycles. The molecule has 0 aliphatic carbocycles. The normalized spacial score (nSPS) is 24.3. The maximum absolute atomic E-state index is 12.4. The van der Waals surface area contributed by atoms with E-state index in [0.717, 1.165) is 12.8 Å². The molecule has 1 aromatic heterocycles. The van der Waals surface area contributed by atoms with E-state index in [4.69, 9.17) is 4.74 Å². The number of ether oxygens (including phenoxy) is 1. The van der Waals surface area contributed by atoms with Crippen molar-refractivity contribution in [2.75, 3.05) is 0 Å². The van der Waals surface area contributed by atoms with Gasteiger partial charge in [-0.1, -0.05) is 11.3 Å². The average Bonchev–Trinajstić information content (AvgIpc) is 3.32. The summed E-state index contributed by atoms with van der Waals surface area (Å²) in [6.07, 6.45) is 4.90. The van der Waals surface area contributed by atoms with Gasteiger partial charge in [-0.05, 0) is 43.5 Å². The summed E-state index contributed by atoms with van der Waals surface area (Å²) in [5.74, 6) is 0.474. The molecule has 2 aliphatic rings. The highest BCUT2D eigenvalue weighted by Crippen LogP contribution is 2.29. The summed E-state index contributed by atoms with van der Waals surface area (Å²) >= 11 is 1.21. The Kier molecular flexibility index (Phi) is 4.27. The number of carbonyl (C=O) groups is 2. The molecule has 0 saturated carbocycles. The molecule has 0 radical (unpaired) electrons. The minimum atomic E-state index is -0.0815. The SMILES string of the molecule is CC(=O)c1ncc(Oc2ccc(C(=O)N[C@@H]3C[C@H]4CC[C@@H]3N4)cc2)s1. The lowest BCUT2D eigenvalue weighted by Gasteiger charge is -2.21. The molecule has 6 nitrogen and oxygen atoms in total. The molecule has 4 rings (SSSR count). The van der Waals surface area contributed by atoms with Crippen LogP contribution in [0.2, 0.25) is 0 Å². The summed E-state index contributed by atoms with van der Waals surface area (Å²) in [4.78, 5) is 27.7. The van der Waals surface area contributed by atoms with E-state index in [1.807, 2.05) is 0 Å². The molecular formula is C18H19N3O3S. The van der Waals surface area contributed by atoms with Crippen molar-refractivity contribution < 1.29 is 14.3 Å². The zero-order valence-electron chi connectivity index (χ0n) is 13.8. The van der Waals surface area contributed by atoms with Crippen LogP contribution >= 0.6 is 11.3 Å². The van der Waals surface area contributed by atoms with Gasteiger partial charge >= 0.3 is 0 Å². The number of carbonyl (C=O) groups excluding carboxylic acids is 2. The Balaban J connectivity index is 1.37. The number of thiazole rings is 1. The first-order valence-electron chi connectivity index (χ1n) is 8.40. The van der Waals surface area contributed by atoms with Gasteiger partial charge in [0.05, 0.1) is 6.20 Å². The summed E-state index contributed by atoms with van der Waals surface area (Å²) < 4.78 is 5.68. The number of hydrogen-bond donors (Lipinski definition) is 2. The van der Waals surface area contributed by atoms with Crippen molar-refractivity contribution in [3.63, 3.8) is 0 Å². The Hall–Kier alpha value is -2.25. The zero-order valence-corrected chi connectivity index (χ0v) is 14.6. The summed E-state index contributed by atoms with van der Waals surface area (Å²) in [5, 5.41) is 7.61. The number of fused-ring (bicyclic) bond motifs is 2. The minimum Gasteiger partial charge on any atom is -0.445 e. The van der Waals surface area contributed by atoms with Gasteiger partial charge in [-0.3, -0.25) is 9.59 Å². The number of ketones is 1. The largest absolute Gasteiger partial charge is 0.445 e. The van der Waals surface area contributed by atoms with Crippen LogP contribution in [0.4, 0.5) is 0 Å². The van der Waals surface area contributed by atoms with Crippen LogP contribution in [-0.2, 0) is 0 Å². The van der Waals surface area contributed by atoms with Crippen LogP contribution in [0.1, 0.15) is 46.3 Å². The highest BCUT2D eigenvalue weighted by atomic mass is 32.1. The van der Waals surface area contributed by atoms with Crippen molar-refractivity contribution in [1.82, 2.24) is 15.6 Å². The van der Waals surface area contributed by atoms with Gasteiger partial charge in [0.2, 0.25) is 5.06 Å². The number of Topliss-reactive ketones (excluding diaryl/α,β-unsaturated/α-hetero) is 1. The number of benzene rings is 1. The lowest BCUT2D eigenvalue weighted by molar-refractivity contribution is 0.0930. The van der Waals surface area contributed by atoms with Gasteiger partial charge in [-0.15, -0.1) is 0 Å². The smallest absolute Gasteiger partial charge is 0.251 e. The summed E-state index contributed by atoms with van der Waals surface area (Å²) in [6, 6.07) is 8.20. The van der Waals surface area contributed by atoms with Gasteiger partial charge in [-0.2, -0.15) is 0 Å². The van der Waals surface area contributed by atoms with Crippen molar-refractivity contribution in [1.29, 1.82) is 0 Å². The molecule has 0 spiro atoms. The van der Waals surface area contributed by atoms with E-state index in [0.29, 0.717) is 33.5 Å². The zero-order chi connectivity index (χ0) is 17.4. The Bertz CT molecular complexity index is 802. The second-order valence-electron chi connectivity index (χ2n) is 6.53. The third-order valence-corrected chi connectivity index (χ3v) is 5.71. The van der Waals surface area contributed by atoms with E-state index in [2.05, 4.69) is 15.6 Å². The Morgan fingerprint density at radius 3 is 2.68 bits per heavy atom. The quantitative estimate of drug-likeness (QED) is 0.805. The fourth-order valence-corrected chi connectivity index (χ4v) is 4.18. The van der Waals surface area contributed by atoms with Gasteiger partial charge in [0, 0.05) is 30.6 Å². The summed E-state index contributed by atoms with van der Waals surface area (Å²) in [7, 11) is 0. The molecule has 2 aromatic rings. The van der Waals surface area contributed by atoms with Crippen LogP contribution in [0.3, 0.4) is 0 Å². The van der Waals surface area contributed by atoms with E-state index in [9.17, 15) is 9.59 Å². The lowest BCUT2D eigenvalue weighted by Crippen LogP contribution is -2.42. The highest BCUT2D eigenvalue weighted by molar-refractivity contribution is 7.15. The summed E-state index contributed by atoms with van der Waals surface area (Å²) in [6.45, 7) is 1.47. The van der Waals surface area contributed by atoms with Gasteiger partial charge in [0.25, 0.3) is 5.91 Å². The van der Waals surface area contributed by atoms with E-state index >= 15 is 0 Å². The van der Waals surface area contributed by atoms with Gasteiger partial charge < -0.3 is 15.4 Å². The molecular weight excluding hydrogens is 338 g/mol. The number of rotatable bonds is 5. The van der Waals surface area contributed by atoms with Crippen LogP contribution in [0.5, 0.6) is 10.8 Å². The van der Waals surface area contributed by atoms with E-state index in [1.54, 1.807) is 24.3 Å². The van der Waals surface area contributed by atoms with E-state index in [-0.39, 0.29) is 17.7 Å². The third kappa shape index (κ3) is 3.43. The summed E-state index contributed by atoms with van der Waals surface area (Å²) in [5.41, 5.74) is 0.615. The van der Waals surface area contributed by atoms with Gasteiger partial charge in [0.15, 0.2) is 10.8 Å². The van der Waals surface area contributed by atoms with E-state index in [1.165, 1.54) is 30.9 Å². The molecule has 1 amide bonds. The fourth-order valence-electron chi connectivity index (χ4n) is 3.50. The fraction of sp³-hybridized carbons (Fsp3) is 0.389. The third-order valence-electron chi connectivity index (χ3n) is 4.74. The highest BCUT2D eigenvalue weighted by Gasteiger charge is 2.39. The van der Waals surface area contributed by atoms with Crippen LogP contribution in [-0.4, -0.2) is 34.8 Å². The lowest BCUT2D eigenvalue weighted by atomic mass is 9.95. The molecule has 25 heavy (non-hydrogen) atoms. The maximum atomic E-state index is 12.4. The monoisotopic (exact) mass is 357 g/mol. The average molecular weight is 357 g/mol. The first-order chi connectivity index (χ1) is 12.1. The predicted molar refractivity (Wildman–Crippen MR) is 94.5 cm³/mol. The van der Waals surface area contributed by atoms with Crippen molar-refractivity contribution in [3.05, 3.63) is 41.0 Å². The molecule has 1 aromatic carbocycles. The molecule has 2 bridgehead atoms. The molecule has 0 unspecified atom stereocenters. The first kappa shape index (κ1) is 16.2. The molecule has 2 aliphatic heterocycles. The number of nitrogens with zero attached hydrogens (tertiary/aromatic N) is 1. The Morgan fingerprint density at radius 2 is 2.08 bits per heavy atom. The minimum absolute atomic E-state index is 0.0532. The second-order valence-corrected chi connectivity index (χ2v) is 7.52. The first-order valence-corrected chi connectivity index (χ1v) is 9.22. The van der Waals surface area contributed by atoms with Crippen LogP contribution < -0.4 is 15.4 Å². The standard InChI is InChI=1S/C18H19N3O3S/c1-10(22)18-19-9-16(25-18)24-13-5-2-11(3-6-13)17(23)21-15-8-12-4-7-14(15)20-12/h2-3,5-6,9,12,14-15,20H,4,7-8H2,1H3,(H,21,23)/t12-,14+,15-/m1/s1. The molecule has 2 N–H and O–H groups in total. The maximum Gasteiger partial charge on any atom is 0.251 e. The Labute approximate surface area is 149 Å². The van der Waals surface area contributed by atoms with Crippen LogP contribution in [0, 0.1) is 0 Å². The van der Waals surface area contributed by atoms with Crippen molar-refractivity contribution in [2.24, 2.45) is 0 Å². The molecule has 3 atom stereocenters. The predicted octanol–water partition coefficient (Wildman–Crippen LogP) is 2.76. The van der Waals surface area contributed by atoms with E-state index < -0.39 is 0 Å². The number of amides is 1. The van der Waals surface area contributed by atoms with Crippen LogP contribution in [0.25, 0.3) is 0 Å². The van der Waals surface area contributed by atoms with Crippen LogP contribution in [0.15, 0.2) is 30.5 Å². The van der Waals surface area contributed by atoms with Gasteiger partial charge in [0.1, 0.15) is 5.75 Å².